The van der Waals surface area contributed by atoms with Crippen molar-refractivity contribution in [3.8, 4) is 5.75 Å². The Labute approximate surface area is 185 Å². The van der Waals surface area contributed by atoms with Gasteiger partial charge < -0.3 is 14.5 Å². The molecule has 1 aromatic heterocycles. The van der Waals surface area contributed by atoms with Gasteiger partial charge in [0.2, 0.25) is 5.91 Å². The van der Waals surface area contributed by atoms with Crippen LogP contribution in [-0.4, -0.2) is 72.0 Å². The van der Waals surface area contributed by atoms with Crippen molar-refractivity contribution in [2.45, 2.75) is 44.8 Å². The first-order valence-corrected chi connectivity index (χ1v) is 11.4. The fourth-order valence-electron chi connectivity index (χ4n) is 4.57. The summed E-state index contributed by atoms with van der Waals surface area (Å²) in [6, 6.07) is 12.5. The maximum atomic E-state index is 13.2. The molecule has 31 heavy (non-hydrogen) atoms. The van der Waals surface area contributed by atoms with Crippen LogP contribution in [0.5, 0.6) is 5.75 Å². The highest BCUT2D eigenvalue weighted by atomic mass is 16.5. The maximum Gasteiger partial charge on any atom is 0.240 e. The average Bonchev–Trinajstić information content (AvgIpc) is 3.00. The minimum Gasteiger partial charge on any atom is -0.491 e. The number of aromatic nitrogens is 1. The Kier molecular flexibility index (Phi) is 7.20. The van der Waals surface area contributed by atoms with Crippen LogP contribution < -0.4 is 4.74 Å². The molecule has 4 rings (SSSR count). The fourth-order valence-corrected chi connectivity index (χ4v) is 4.57. The number of amides is 1. The van der Waals surface area contributed by atoms with Crippen molar-refractivity contribution in [3.05, 3.63) is 59.4 Å². The highest BCUT2D eigenvalue weighted by Crippen LogP contribution is 2.26. The summed E-state index contributed by atoms with van der Waals surface area (Å²) in [7, 11) is 4.21. The van der Waals surface area contributed by atoms with Gasteiger partial charge in [-0.3, -0.25) is 14.7 Å². The van der Waals surface area contributed by atoms with Gasteiger partial charge in [-0.05, 0) is 63.3 Å². The zero-order valence-electron chi connectivity index (χ0n) is 18.8. The van der Waals surface area contributed by atoms with Gasteiger partial charge in [0.05, 0.1) is 12.6 Å². The Morgan fingerprint density at radius 2 is 2.13 bits per heavy atom. The van der Waals surface area contributed by atoms with Crippen molar-refractivity contribution in [1.82, 2.24) is 19.7 Å². The zero-order valence-corrected chi connectivity index (χ0v) is 18.8. The number of ether oxygens (including phenoxy) is 1. The summed E-state index contributed by atoms with van der Waals surface area (Å²) in [5.41, 5.74) is 3.47. The number of benzene rings is 1. The second-order valence-electron chi connectivity index (χ2n) is 8.85. The largest absolute Gasteiger partial charge is 0.491 e. The summed E-state index contributed by atoms with van der Waals surface area (Å²) in [6.07, 6.45) is 6.06. The maximum absolute atomic E-state index is 13.2. The number of piperidine rings is 1. The van der Waals surface area contributed by atoms with Crippen molar-refractivity contribution >= 4 is 5.91 Å². The molecule has 2 aromatic rings. The molecule has 0 spiro atoms. The Balaban J connectivity index is 1.39. The van der Waals surface area contributed by atoms with Crippen molar-refractivity contribution in [1.29, 1.82) is 0 Å². The van der Waals surface area contributed by atoms with E-state index >= 15 is 0 Å². The highest BCUT2D eigenvalue weighted by molar-refractivity contribution is 5.82. The molecular weight excluding hydrogens is 388 g/mol. The molecule has 0 N–H and O–H groups in total. The van der Waals surface area contributed by atoms with Gasteiger partial charge in [0.15, 0.2) is 0 Å². The van der Waals surface area contributed by atoms with Crippen LogP contribution in [0.2, 0.25) is 0 Å². The number of nitrogens with zero attached hydrogens (tertiary/aromatic N) is 4. The highest BCUT2D eigenvalue weighted by Gasteiger charge is 2.31. The SMILES string of the molecule is CN(CCc1ccccn1)Cc1ccc2c(c1)CN(C(=O)C1CCCCN1C)CCO2. The van der Waals surface area contributed by atoms with Crippen LogP contribution in [0.4, 0.5) is 0 Å². The summed E-state index contributed by atoms with van der Waals surface area (Å²) in [5.74, 6) is 1.16. The zero-order chi connectivity index (χ0) is 21.6. The van der Waals surface area contributed by atoms with Gasteiger partial charge in [-0.2, -0.15) is 0 Å². The molecule has 166 valence electrons. The number of likely N-dealkylation sites (N-methyl/N-ethyl adjacent to an activating group) is 2. The number of likely N-dealkylation sites (tertiary alicyclic amines) is 1. The minimum absolute atomic E-state index is 0.0104. The number of hydrogen-bond donors (Lipinski definition) is 0. The third-order valence-electron chi connectivity index (χ3n) is 6.40. The summed E-state index contributed by atoms with van der Waals surface area (Å²) < 4.78 is 5.98. The number of hydrogen-bond acceptors (Lipinski definition) is 5. The van der Waals surface area contributed by atoms with Gasteiger partial charge >= 0.3 is 0 Å². The lowest BCUT2D eigenvalue weighted by atomic mass is 10.0. The number of carbonyl (C=O) groups excluding carboxylic acids is 1. The summed E-state index contributed by atoms with van der Waals surface area (Å²) in [6.45, 7) is 4.65. The van der Waals surface area contributed by atoms with Crippen LogP contribution in [0.1, 0.15) is 36.1 Å². The van der Waals surface area contributed by atoms with E-state index in [0.29, 0.717) is 19.7 Å². The van der Waals surface area contributed by atoms with E-state index in [9.17, 15) is 4.79 Å². The normalized spacial score (nSPS) is 19.6. The van der Waals surface area contributed by atoms with Crippen LogP contribution >= 0.6 is 0 Å². The van der Waals surface area contributed by atoms with Gasteiger partial charge in [-0.15, -0.1) is 0 Å². The number of pyridine rings is 1. The van der Waals surface area contributed by atoms with E-state index in [1.54, 1.807) is 0 Å². The summed E-state index contributed by atoms with van der Waals surface area (Å²) in [4.78, 5) is 24.2. The molecule has 1 aromatic carbocycles. The lowest BCUT2D eigenvalue weighted by Crippen LogP contribution is -2.49. The fraction of sp³-hybridized carbons (Fsp3) is 0.520. The van der Waals surface area contributed by atoms with E-state index in [4.69, 9.17) is 4.74 Å². The minimum atomic E-state index is 0.0104. The molecule has 6 heteroatoms. The Morgan fingerprint density at radius 1 is 1.23 bits per heavy atom. The Morgan fingerprint density at radius 3 is 2.94 bits per heavy atom. The average molecular weight is 423 g/mol. The van der Waals surface area contributed by atoms with Crippen molar-refractivity contribution < 1.29 is 9.53 Å². The van der Waals surface area contributed by atoms with E-state index in [-0.39, 0.29) is 11.9 Å². The van der Waals surface area contributed by atoms with Crippen LogP contribution in [0.15, 0.2) is 42.6 Å². The van der Waals surface area contributed by atoms with Gasteiger partial charge in [0, 0.05) is 43.5 Å². The quantitative estimate of drug-likeness (QED) is 0.716. The van der Waals surface area contributed by atoms with E-state index < -0.39 is 0 Å². The molecule has 0 bridgehead atoms. The van der Waals surface area contributed by atoms with Crippen LogP contribution in [-0.2, 0) is 24.3 Å². The van der Waals surface area contributed by atoms with Crippen LogP contribution in [0, 0.1) is 0 Å². The second-order valence-corrected chi connectivity index (χ2v) is 8.85. The van der Waals surface area contributed by atoms with Crippen molar-refractivity contribution in [2.75, 3.05) is 40.3 Å². The van der Waals surface area contributed by atoms with E-state index in [1.165, 1.54) is 12.0 Å². The molecule has 3 heterocycles. The monoisotopic (exact) mass is 422 g/mol. The first-order valence-electron chi connectivity index (χ1n) is 11.4. The molecule has 0 radical (unpaired) electrons. The predicted molar refractivity (Wildman–Crippen MR) is 122 cm³/mol. The molecule has 6 nitrogen and oxygen atoms in total. The van der Waals surface area contributed by atoms with Gasteiger partial charge in [0.25, 0.3) is 0 Å². The lowest BCUT2D eigenvalue weighted by Gasteiger charge is -2.34. The third-order valence-corrected chi connectivity index (χ3v) is 6.40. The molecule has 1 unspecified atom stereocenters. The van der Waals surface area contributed by atoms with Crippen molar-refractivity contribution in [3.63, 3.8) is 0 Å². The molecule has 1 saturated heterocycles. The van der Waals surface area contributed by atoms with E-state index in [2.05, 4.69) is 53.1 Å². The van der Waals surface area contributed by atoms with Crippen molar-refractivity contribution in [2.24, 2.45) is 0 Å². The molecule has 2 aliphatic rings. The summed E-state index contributed by atoms with van der Waals surface area (Å²) >= 11 is 0. The smallest absolute Gasteiger partial charge is 0.240 e. The molecule has 1 fully saturated rings. The molecule has 2 aliphatic heterocycles. The number of fused-ring (bicyclic) bond motifs is 1. The first-order chi connectivity index (χ1) is 15.1. The number of carbonyl (C=O) groups is 1. The first kappa shape index (κ1) is 21.8. The predicted octanol–water partition coefficient (Wildman–Crippen LogP) is 2.96. The van der Waals surface area contributed by atoms with Gasteiger partial charge in [0.1, 0.15) is 12.4 Å². The molecule has 1 atom stereocenters. The van der Waals surface area contributed by atoms with Gasteiger partial charge in [-0.1, -0.05) is 18.6 Å². The van der Waals surface area contributed by atoms with E-state index in [0.717, 1.165) is 55.9 Å². The number of rotatable bonds is 6. The molecule has 0 aliphatic carbocycles. The van der Waals surface area contributed by atoms with E-state index in [1.807, 2.05) is 23.2 Å². The topological polar surface area (TPSA) is 48.9 Å². The molecular formula is C25H34N4O2. The second kappa shape index (κ2) is 10.2. The standard InChI is InChI=1S/C25H34N4O2/c1-27(14-11-22-7-3-5-12-26-22)18-20-9-10-24-21(17-20)19-29(15-16-31-24)25(30)23-8-4-6-13-28(23)2/h3,5,7,9-10,12,17,23H,4,6,8,11,13-16,18-19H2,1-2H3. The third kappa shape index (κ3) is 5.63. The summed E-state index contributed by atoms with van der Waals surface area (Å²) in [5, 5.41) is 0. The van der Waals surface area contributed by atoms with Crippen LogP contribution in [0.3, 0.4) is 0 Å². The lowest BCUT2D eigenvalue weighted by molar-refractivity contribution is -0.138. The van der Waals surface area contributed by atoms with Gasteiger partial charge in [-0.25, -0.2) is 0 Å². The Bertz CT molecular complexity index is 873. The van der Waals surface area contributed by atoms with Crippen LogP contribution in [0.25, 0.3) is 0 Å². The molecule has 1 amide bonds. The Hall–Kier alpha value is -2.44. The molecule has 0 saturated carbocycles.